The molecule has 0 aliphatic carbocycles. The molecule has 1 fully saturated rings. The first-order chi connectivity index (χ1) is 8.61. The Morgan fingerprint density at radius 1 is 1.56 bits per heavy atom. The number of carbonyl (C=O) groups excluding carboxylic acids is 1. The summed E-state index contributed by atoms with van der Waals surface area (Å²) in [5.41, 5.74) is 1.55. The van der Waals surface area contributed by atoms with Crippen molar-refractivity contribution >= 4 is 23.2 Å². The lowest BCUT2D eigenvalue weighted by molar-refractivity contribution is -0.119. The van der Waals surface area contributed by atoms with Crippen LogP contribution >= 0.6 is 11.6 Å². The molecule has 98 valence electrons. The van der Waals surface area contributed by atoms with E-state index in [1.54, 1.807) is 13.2 Å². The summed E-state index contributed by atoms with van der Waals surface area (Å²) in [5.74, 6) is 0.702. The van der Waals surface area contributed by atoms with Gasteiger partial charge in [-0.25, -0.2) is 0 Å². The van der Waals surface area contributed by atoms with Gasteiger partial charge in [-0.05, 0) is 37.6 Å². The summed E-state index contributed by atoms with van der Waals surface area (Å²) in [6.45, 7) is 3.52. The molecule has 1 saturated heterocycles. The molecule has 1 aliphatic heterocycles. The molecule has 0 spiro atoms. The number of aryl methyl sites for hydroxylation is 1. The van der Waals surface area contributed by atoms with Gasteiger partial charge in [0.15, 0.2) is 0 Å². The maximum Gasteiger partial charge on any atom is 0.228 e. The van der Waals surface area contributed by atoms with Crippen LogP contribution in [0.2, 0.25) is 5.02 Å². The number of methoxy groups -OCH3 is 1. The van der Waals surface area contributed by atoms with Crippen LogP contribution in [0.5, 0.6) is 5.75 Å². The molecule has 2 N–H and O–H groups in total. The number of halogens is 1. The van der Waals surface area contributed by atoms with Crippen LogP contribution in [-0.4, -0.2) is 26.1 Å². The second-order valence-corrected chi connectivity index (χ2v) is 4.92. The summed E-state index contributed by atoms with van der Waals surface area (Å²) in [6.07, 6.45) is 0.869. The monoisotopic (exact) mass is 268 g/mol. The molecule has 2 rings (SSSR count). The SMILES string of the molecule is COc1c(C)cc(Cl)cc1NC(=O)C1CCNC1. The molecule has 5 heteroatoms. The molecule has 1 aromatic carbocycles. The van der Waals surface area contributed by atoms with Gasteiger partial charge in [0, 0.05) is 11.6 Å². The van der Waals surface area contributed by atoms with Crippen molar-refractivity contribution in [1.82, 2.24) is 5.32 Å². The Bertz CT molecular complexity index is 457. The average Bonchev–Trinajstić information content (AvgIpc) is 2.81. The minimum absolute atomic E-state index is 0.0139. The maximum atomic E-state index is 12.1. The number of amides is 1. The van der Waals surface area contributed by atoms with Crippen molar-refractivity contribution in [3.05, 3.63) is 22.7 Å². The molecule has 0 aromatic heterocycles. The standard InChI is InChI=1S/C13H17ClN2O2/c1-8-5-10(14)6-11(12(8)18-2)16-13(17)9-3-4-15-7-9/h5-6,9,15H,3-4,7H2,1-2H3,(H,16,17). The number of rotatable bonds is 3. The Kier molecular flexibility index (Phi) is 4.09. The molecule has 18 heavy (non-hydrogen) atoms. The number of hydrogen-bond acceptors (Lipinski definition) is 3. The predicted octanol–water partition coefficient (Wildman–Crippen LogP) is 2.21. The van der Waals surface area contributed by atoms with E-state index < -0.39 is 0 Å². The van der Waals surface area contributed by atoms with Crippen molar-refractivity contribution in [2.75, 3.05) is 25.5 Å². The van der Waals surface area contributed by atoms with E-state index in [1.807, 2.05) is 13.0 Å². The molecule has 0 bridgehead atoms. The Morgan fingerprint density at radius 3 is 2.94 bits per heavy atom. The largest absolute Gasteiger partial charge is 0.494 e. The normalized spacial score (nSPS) is 18.7. The van der Waals surface area contributed by atoms with E-state index in [2.05, 4.69) is 10.6 Å². The summed E-state index contributed by atoms with van der Waals surface area (Å²) in [6, 6.07) is 3.53. The summed E-state index contributed by atoms with van der Waals surface area (Å²) >= 11 is 6.00. The quantitative estimate of drug-likeness (QED) is 0.884. The lowest BCUT2D eigenvalue weighted by atomic mass is 10.1. The van der Waals surface area contributed by atoms with Crippen molar-refractivity contribution < 1.29 is 9.53 Å². The van der Waals surface area contributed by atoms with Gasteiger partial charge in [0.25, 0.3) is 0 Å². The highest BCUT2D eigenvalue weighted by Crippen LogP contribution is 2.32. The van der Waals surface area contributed by atoms with Crippen molar-refractivity contribution in [2.24, 2.45) is 5.92 Å². The molecule has 1 aliphatic rings. The lowest BCUT2D eigenvalue weighted by Gasteiger charge is -2.15. The Labute approximate surface area is 112 Å². The molecular formula is C13H17ClN2O2. The number of anilines is 1. The van der Waals surface area contributed by atoms with Gasteiger partial charge in [-0.2, -0.15) is 0 Å². The van der Waals surface area contributed by atoms with E-state index >= 15 is 0 Å². The van der Waals surface area contributed by atoms with Crippen LogP contribution in [-0.2, 0) is 4.79 Å². The molecule has 4 nitrogen and oxygen atoms in total. The van der Waals surface area contributed by atoms with E-state index in [-0.39, 0.29) is 11.8 Å². The zero-order chi connectivity index (χ0) is 13.1. The minimum Gasteiger partial charge on any atom is -0.494 e. The highest BCUT2D eigenvalue weighted by molar-refractivity contribution is 6.31. The molecule has 1 heterocycles. The van der Waals surface area contributed by atoms with Crippen LogP contribution in [0.15, 0.2) is 12.1 Å². The van der Waals surface area contributed by atoms with Crippen molar-refractivity contribution in [3.63, 3.8) is 0 Å². The fraction of sp³-hybridized carbons (Fsp3) is 0.462. The van der Waals surface area contributed by atoms with Gasteiger partial charge in [-0.3, -0.25) is 4.79 Å². The van der Waals surface area contributed by atoms with Gasteiger partial charge < -0.3 is 15.4 Å². The van der Waals surface area contributed by atoms with Crippen molar-refractivity contribution in [3.8, 4) is 5.75 Å². The molecule has 1 unspecified atom stereocenters. The maximum absolute atomic E-state index is 12.1. The topological polar surface area (TPSA) is 50.4 Å². The lowest BCUT2D eigenvalue weighted by Crippen LogP contribution is -2.24. The van der Waals surface area contributed by atoms with Crippen LogP contribution < -0.4 is 15.4 Å². The third kappa shape index (κ3) is 2.76. The van der Waals surface area contributed by atoms with E-state index in [0.717, 1.165) is 25.1 Å². The number of benzene rings is 1. The average molecular weight is 269 g/mol. The summed E-state index contributed by atoms with van der Waals surface area (Å²) in [4.78, 5) is 12.1. The minimum atomic E-state index is 0.0139. The van der Waals surface area contributed by atoms with E-state index in [4.69, 9.17) is 16.3 Å². The molecule has 0 saturated carbocycles. The predicted molar refractivity (Wildman–Crippen MR) is 72.3 cm³/mol. The van der Waals surface area contributed by atoms with Crippen molar-refractivity contribution in [2.45, 2.75) is 13.3 Å². The molecule has 0 radical (unpaired) electrons. The van der Waals surface area contributed by atoms with E-state index in [1.165, 1.54) is 0 Å². The molecule has 1 atom stereocenters. The van der Waals surface area contributed by atoms with Crippen LogP contribution in [0.1, 0.15) is 12.0 Å². The highest BCUT2D eigenvalue weighted by atomic mass is 35.5. The smallest absolute Gasteiger partial charge is 0.228 e. The van der Waals surface area contributed by atoms with E-state index in [9.17, 15) is 4.79 Å². The Morgan fingerprint density at radius 2 is 2.33 bits per heavy atom. The third-order valence-electron chi connectivity index (χ3n) is 3.13. The molecular weight excluding hydrogens is 252 g/mol. The van der Waals surface area contributed by atoms with Crippen LogP contribution in [0, 0.1) is 12.8 Å². The van der Waals surface area contributed by atoms with Crippen molar-refractivity contribution in [1.29, 1.82) is 0 Å². The number of carbonyl (C=O) groups is 1. The summed E-state index contributed by atoms with van der Waals surface area (Å²) in [5, 5.41) is 6.66. The third-order valence-corrected chi connectivity index (χ3v) is 3.35. The van der Waals surface area contributed by atoms with E-state index in [0.29, 0.717) is 16.5 Å². The fourth-order valence-electron chi connectivity index (χ4n) is 2.21. The summed E-state index contributed by atoms with van der Waals surface area (Å²) < 4.78 is 5.31. The first kappa shape index (κ1) is 13.2. The van der Waals surface area contributed by atoms with Crippen LogP contribution in [0.25, 0.3) is 0 Å². The number of ether oxygens (including phenoxy) is 1. The van der Waals surface area contributed by atoms with Crippen LogP contribution in [0.3, 0.4) is 0 Å². The van der Waals surface area contributed by atoms with Gasteiger partial charge in [0.05, 0.1) is 18.7 Å². The number of hydrogen-bond donors (Lipinski definition) is 2. The zero-order valence-electron chi connectivity index (χ0n) is 10.5. The molecule has 1 amide bonds. The summed E-state index contributed by atoms with van der Waals surface area (Å²) in [7, 11) is 1.59. The first-order valence-corrected chi connectivity index (χ1v) is 6.35. The highest BCUT2D eigenvalue weighted by Gasteiger charge is 2.23. The van der Waals surface area contributed by atoms with Gasteiger partial charge in [0.1, 0.15) is 5.75 Å². The second-order valence-electron chi connectivity index (χ2n) is 4.48. The Balaban J connectivity index is 2.19. The fourth-order valence-corrected chi connectivity index (χ4v) is 2.48. The molecule has 1 aromatic rings. The van der Waals surface area contributed by atoms with Gasteiger partial charge >= 0.3 is 0 Å². The van der Waals surface area contributed by atoms with Gasteiger partial charge in [-0.1, -0.05) is 11.6 Å². The number of nitrogens with one attached hydrogen (secondary N) is 2. The van der Waals surface area contributed by atoms with Gasteiger partial charge in [-0.15, -0.1) is 0 Å². The van der Waals surface area contributed by atoms with Gasteiger partial charge in [0.2, 0.25) is 5.91 Å². The van der Waals surface area contributed by atoms with Crippen LogP contribution in [0.4, 0.5) is 5.69 Å². The second kappa shape index (κ2) is 5.59. The first-order valence-electron chi connectivity index (χ1n) is 5.97. The zero-order valence-corrected chi connectivity index (χ0v) is 11.3. The Hall–Kier alpha value is -1.26.